The second kappa shape index (κ2) is 6.51. The van der Waals surface area contributed by atoms with Crippen molar-refractivity contribution < 1.29 is 0 Å². The molecule has 0 spiro atoms. The third-order valence-corrected chi connectivity index (χ3v) is 3.61. The van der Waals surface area contributed by atoms with Crippen LogP contribution in [0.5, 0.6) is 0 Å². The Balaban J connectivity index is 4.33. The molecule has 0 aromatic heterocycles. The normalized spacial score (nSPS) is 12.4. The van der Waals surface area contributed by atoms with E-state index in [2.05, 4.69) is 35.5 Å². The molecule has 0 nitrogen and oxygen atoms in total. The molecule has 0 rings (SSSR count). The van der Waals surface area contributed by atoms with Crippen molar-refractivity contribution in [3.05, 3.63) is 0 Å². The molecule has 0 aliphatic rings. The highest BCUT2D eigenvalue weighted by Gasteiger charge is 2.29. The zero-order valence-electron chi connectivity index (χ0n) is 10.3. The third kappa shape index (κ3) is 3.75. The van der Waals surface area contributed by atoms with Crippen molar-refractivity contribution in [3.63, 3.8) is 0 Å². The van der Waals surface area contributed by atoms with E-state index >= 15 is 0 Å². The maximum Gasteiger partial charge on any atom is 0.109 e. The molecule has 0 aromatic carbocycles. The van der Waals surface area contributed by atoms with Gasteiger partial charge in [-0.1, -0.05) is 71.5 Å². The number of hydrogen-bond donors (Lipinski definition) is 0. The first-order chi connectivity index (χ1) is 6.14. The van der Waals surface area contributed by atoms with Crippen LogP contribution >= 0.6 is 0 Å². The minimum Gasteiger partial charge on any atom is -0.0654 e. The van der Waals surface area contributed by atoms with Crippen LogP contribution in [0, 0.1) is 5.92 Å². The largest absolute Gasteiger partial charge is 0.109 e. The average molecular weight is 182 g/mol. The van der Waals surface area contributed by atoms with Crippen LogP contribution < -0.4 is 0 Å². The van der Waals surface area contributed by atoms with Gasteiger partial charge in [-0.25, -0.2) is 0 Å². The molecule has 0 radical (unpaired) electrons. The molecule has 0 atom stereocenters. The summed E-state index contributed by atoms with van der Waals surface area (Å²) >= 11 is 0. The van der Waals surface area contributed by atoms with Crippen LogP contribution in [0.1, 0.15) is 66.2 Å². The molecule has 0 bridgehead atoms. The first-order valence-electron chi connectivity index (χ1n) is 6.14. The van der Waals surface area contributed by atoms with Gasteiger partial charge in [0.25, 0.3) is 0 Å². The van der Waals surface area contributed by atoms with Crippen molar-refractivity contribution in [1.82, 2.24) is 0 Å². The van der Waals surface area contributed by atoms with Crippen molar-refractivity contribution in [2.45, 2.75) is 71.5 Å². The lowest BCUT2D eigenvalue weighted by Crippen LogP contribution is -2.23. The average Bonchev–Trinajstić information content (AvgIpc) is 2.07. The van der Waals surface area contributed by atoms with E-state index in [0.29, 0.717) is 5.31 Å². The van der Waals surface area contributed by atoms with Crippen molar-refractivity contribution in [2.75, 3.05) is 0 Å². The summed E-state index contributed by atoms with van der Waals surface area (Å²) in [4.78, 5) is 0. The van der Waals surface area contributed by atoms with Gasteiger partial charge in [0.1, 0.15) is 7.85 Å². The molecule has 1 heteroatoms. The molecule has 0 aromatic rings. The molecule has 0 aliphatic heterocycles. The topological polar surface area (TPSA) is 0 Å². The van der Waals surface area contributed by atoms with Crippen LogP contribution in [-0.4, -0.2) is 7.85 Å². The number of hydrogen-bond acceptors (Lipinski definition) is 0. The van der Waals surface area contributed by atoms with Crippen molar-refractivity contribution in [2.24, 2.45) is 5.92 Å². The summed E-state index contributed by atoms with van der Waals surface area (Å²) in [6.45, 7) is 9.32. The first-order valence-corrected chi connectivity index (χ1v) is 6.14. The van der Waals surface area contributed by atoms with Crippen molar-refractivity contribution in [3.8, 4) is 0 Å². The van der Waals surface area contributed by atoms with E-state index in [1.54, 1.807) is 0 Å². The maximum absolute atomic E-state index is 2.50. The SMILES string of the molecule is BC(CCC)(CCC)C(CC)CC. The maximum atomic E-state index is 2.50. The second-order valence-corrected chi connectivity index (χ2v) is 4.67. The Morgan fingerprint density at radius 3 is 1.54 bits per heavy atom. The Bertz CT molecular complexity index is 110. The summed E-state index contributed by atoms with van der Waals surface area (Å²) in [5.41, 5.74) is 0. The van der Waals surface area contributed by atoms with Gasteiger partial charge >= 0.3 is 0 Å². The zero-order valence-corrected chi connectivity index (χ0v) is 10.3. The fraction of sp³-hybridized carbons (Fsp3) is 1.00. The molecule has 0 heterocycles. The zero-order chi connectivity index (χ0) is 10.3. The minimum absolute atomic E-state index is 0.618. The molecule has 0 amide bonds. The van der Waals surface area contributed by atoms with Crippen LogP contribution in [0.15, 0.2) is 0 Å². The van der Waals surface area contributed by atoms with Crippen LogP contribution in [-0.2, 0) is 0 Å². The van der Waals surface area contributed by atoms with Gasteiger partial charge < -0.3 is 0 Å². The fourth-order valence-corrected chi connectivity index (χ4v) is 2.95. The van der Waals surface area contributed by atoms with E-state index in [-0.39, 0.29) is 0 Å². The van der Waals surface area contributed by atoms with Gasteiger partial charge in [-0.2, -0.15) is 0 Å². The highest BCUT2D eigenvalue weighted by atomic mass is 14.3. The molecule has 78 valence electrons. The predicted molar refractivity (Wildman–Crippen MR) is 65.1 cm³/mol. The molecule has 13 heavy (non-hydrogen) atoms. The molecule has 0 saturated heterocycles. The Hall–Kier alpha value is 0.0649. The summed E-state index contributed by atoms with van der Waals surface area (Å²) in [5, 5.41) is 0.618. The van der Waals surface area contributed by atoms with Gasteiger partial charge in [0.05, 0.1) is 0 Å². The smallest absolute Gasteiger partial charge is 0.0654 e. The quantitative estimate of drug-likeness (QED) is 0.525. The molecular formula is C12H27B. The lowest BCUT2D eigenvalue weighted by Gasteiger charge is -2.37. The third-order valence-electron chi connectivity index (χ3n) is 3.61. The highest BCUT2D eigenvalue weighted by molar-refractivity contribution is 6.15. The molecule has 0 unspecified atom stereocenters. The Kier molecular flexibility index (Phi) is 6.54. The fourth-order valence-electron chi connectivity index (χ4n) is 2.95. The van der Waals surface area contributed by atoms with E-state index < -0.39 is 0 Å². The first kappa shape index (κ1) is 13.1. The lowest BCUT2D eigenvalue weighted by molar-refractivity contribution is 0.294. The van der Waals surface area contributed by atoms with Gasteiger partial charge in [-0.15, -0.1) is 0 Å². The van der Waals surface area contributed by atoms with Gasteiger partial charge in [0, 0.05) is 0 Å². The second-order valence-electron chi connectivity index (χ2n) is 4.67. The summed E-state index contributed by atoms with van der Waals surface area (Å²) in [5.74, 6) is 0.937. The van der Waals surface area contributed by atoms with E-state index in [9.17, 15) is 0 Å². The van der Waals surface area contributed by atoms with Crippen LogP contribution in [0.4, 0.5) is 0 Å². The standard InChI is InChI=1S/C12H27B/c1-5-9-12(13,10-6-2)11(7-3)8-4/h11H,5-10,13H2,1-4H3. The van der Waals surface area contributed by atoms with Crippen molar-refractivity contribution in [1.29, 1.82) is 0 Å². The summed E-state index contributed by atoms with van der Waals surface area (Å²) in [6, 6.07) is 0. The molecule has 0 fully saturated rings. The van der Waals surface area contributed by atoms with Crippen LogP contribution in [0.3, 0.4) is 0 Å². The molecule has 0 N–H and O–H groups in total. The minimum atomic E-state index is 0.618. The summed E-state index contributed by atoms with van der Waals surface area (Å²) < 4.78 is 0. The molecular weight excluding hydrogens is 155 g/mol. The van der Waals surface area contributed by atoms with Gasteiger partial charge in [0.15, 0.2) is 0 Å². The Labute approximate surface area is 85.9 Å². The van der Waals surface area contributed by atoms with Crippen LogP contribution in [0.2, 0.25) is 5.31 Å². The molecule has 0 saturated carbocycles. The summed E-state index contributed by atoms with van der Waals surface area (Å²) in [6.07, 6.45) is 8.21. The van der Waals surface area contributed by atoms with E-state index in [1.807, 2.05) is 0 Å². The molecule has 0 aliphatic carbocycles. The van der Waals surface area contributed by atoms with Gasteiger partial charge in [-0.05, 0) is 5.92 Å². The van der Waals surface area contributed by atoms with Crippen molar-refractivity contribution >= 4 is 7.85 Å². The highest BCUT2D eigenvalue weighted by Crippen LogP contribution is 2.45. The number of rotatable bonds is 7. The van der Waals surface area contributed by atoms with E-state index in [4.69, 9.17) is 0 Å². The van der Waals surface area contributed by atoms with Gasteiger partial charge in [-0.3, -0.25) is 0 Å². The summed E-state index contributed by atoms with van der Waals surface area (Å²) in [7, 11) is 2.50. The van der Waals surface area contributed by atoms with Gasteiger partial charge in [0.2, 0.25) is 0 Å². The Morgan fingerprint density at radius 2 is 1.31 bits per heavy atom. The predicted octanol–water partition coefficient (Wildman–Crippen LogP) is 3.81. The van der Waals surface area contributed by atoms with E-state index in [1.165, 1.54) is 38.5 Å². The monoisotopic (exact) mass is 182 g/mol. The Morgan fingerprint density at radius 1 is 0.923 bits per heavy atom. The lowest BCUT2D eigenvalue weighted by atomic mass is 9.55. The van der Waals surface area contributed by atoms with Crippen LogP contribution in [0.25, 0.3) is 0 Å². The van der Waals surface area contributed by atoms with E-state index in [0.717, 1.165) is 5.92 Å².